The Morgan fingerprint density at radius 1 is 1.30 bits per heavy atom. The first-order valence-electron chi connectivity index (χ1n) is 9.98. The maximum Gasteiger partial charge on any atom is 0.236 e. The van der Waals surface area contributed by atoms with Gasteiger partial charge in [-0.25, -0.2) is 9.97 Å². The van der Waals surface area contributed by atoms with Crippen molar-refractivity contribution in [2.75, 3.05) is 19.6 Å². The van der Waals surface area contributed by atoms with E-state index in [-0.39, 0.29) is 5.91 Å². The molecule has 0 spiro atoms. The largest absolute Gasteiger partial charge is 0.341 e. The third kappa shape index (κ3) is 4.03. The molecular formula is C22H28N4O. The first-order valence-corrected chi connectivity index (χ1v) is 9.98. The molecule has 0 saturated carbocycles. The molecule has 0 unspecified atom stereocenters. The van der Waals surface area contributed by atoms with E-state index in [1.807, 2.05) is 6.20 Å². The number of nitrogens with zero attached hydrogens (tertiary/aromatic N) is 4. The van der Waals surface area contributed by atoms with E-state index in [2.05, 4.69) is 57.9 Å². The van der Waals surface area contributed by atoms with Gasteiger partial charge in [0.15, 0.2) is 0 Å². The van der Waals surface area contributed by atoms with Crippen molar-refractivity contribution >= 4 is 5.91 Å². The second kappa shape index (κ2) is 7.77. The van der Waals surface area contributed by atoms with E-state index in [9.17, 15) is 4.79 Å². The highest BCUT2D eigenvalue weighted by Gasteiger charge is 2.28. The average Bonchev–Trinajstić information content (AvgIpc) is 3.10. The smallest absolute Gasteiger partial charge is 0.236 e. The van der Waals surface area contributed by atoms with E-state index in [0.29, 0.717) is 18.4 Å². The van der Waals surface area contributed by atoms with Crippen LogP contribution in [0.25, 0.3) is 0 Å². The monoisotopic (exact) mass is 364 g/mol. The normalized spacial score (nSPS) is 20.1. The molecular weight excluding hydrogens is 336 g/mol. The quantitative estimate of drug-likeness (QED) is 0.835. The van der Waals surface area contributed by atoms with Crippen LogP contribution < -0.4 is 0 Å². The summed E-state index contributed by atoms with van der Waals surface area (Å²) >= 11 is 0. The van der Waals surface area contributed by atoms with Crippen LogP contribution in [0.5, 0.6) is 0 Å². The summed E-state index contributed by atoms with van der Waals surface area (Å²) in [7, 11) is 0. The van der Waals surface area contributed by atoms with E-state index in [0.717, 1.165) is 50.3 Å². The Morgan fingerprint density at radius 3 is 3.00 bits per heavy atom. The number of hydrogen-bond donors (Lipinski definition) is 0. The highest BCUT2D eigenvalue weighted by Crippen LogP contribution is 2.29. The van der Waals surface area contributed by atoms with Gasteiger partial charge in [0.05, 0.1) is 12.2 Å². The average molecular weight is 364 g/mol. The van der Waals surface area contributed by atoms with Crippen LogP contribution in [0.2, 0.25) is 0 Å². The van der Waals surface area contributed by atoms with Crippen LogP contribution in [0.1, 0.15) is 60.9 Å². The van der Waals surface area contributed by atoms with E-state index >= 15 is 0 Å². The van der Waals surface area contributed by atoms with Crippen LogP contribution in [0, 0.1) is 0 Å². The topological polar surface area (TPSA) is 49.3 Å². The number of piperidine rings is 1. The number of rotatable bonds is 4. The maximum atomic E-state index is 12.9. The Labute approximate surface area is 161 Å². The van der Waals surface area contributed by atoms with Crippen LogP contribution in [0.3, 0.4) is 0 Å². The summed E-state index contributed by atoms with van der Waals surface area (Å²) < 4.78 is 0. The van der Waals surface area contributed by atoms with E-state index in [1.165, 1.54) is 11.1 Å². The van der Waals surface area contributed by atoms with E-state index in [4.69, 9.17) is 0 Å². The molecule has 2 aromatic rings. The standard InChI is InChI=1S/C22H28N4O/c1-16(2)17-5-3-6-18(9-17)19-7-4-8-26(12-19)22(27)14-25-11-20-10-23-15-24-21(20)13-25/h3,5-6,9-10,15-16,19H,4,7-8,11-14H2,1-2H3/t19-/m1/s1. The van der Waals surface area contributed by atoms with Gasteiger partial charge in [-0.3, -0.25) is 9.69 Å². The first-order chi connectivity index (χ1) is 13.1. The predicted molar refractivity (Wildman–Crippen MR) is 105 cm³/mol. The lowest BCUT2D eigenvalue weighted by molar-refractivity contribution is -0.133. The van der Waals surface area contributed by atoms with E-state index < -0.39 is 0 Å². The molecule has 1 amide bonds. The summed E-state index contributed by atoms with van der Waals surface area (Å²) in [5.74, 6) is 1.22. The number of benzene rings is 1. The number of carbonyl (C=O) groups is 1. The molecule has 0 aliphatic carbocycles. The van der Waals surface area contributed by atoms with Crippen molar-refractivity contribution in [3.8, 4) is 0 Å². The molecule has 0 radical (unpaired) electrons. The minimum Gasteiger partial charge on any atom is -0.341 e. The molecule has 2 aliphatic rings. The van der Waals surface area contributed by atoms with Crippen LogP contribution in [-0.4, -0.2) is 45.3 Å². The third-order valence-electron chi connectivity index (χ3n) is 5.83. The Balaban J connectivity index is 1.38. The Kier molecular flexibility index (Phi) is 5.21. The van der Waals surface area contributed by atoms with Gasteiger partial charge >= 0.3 is 0 Å². The van der Waals surface area contributed by atoms with Crippen molar-refractivity contribution < 1.29 is 4.79 Å². The van der Waals surface area contributed by atoms with Crippen molar-refractivity contribution in [3.63, 3.8) is 0 Å². The minimum atomic E-state index is 0.237. The molecule has 5 heteroatoms. The lowest BCUT2D eigenvalue weighted by atomic mass is 9.88. The summed E-state index contributed by atoms with van der Waals surface area (Å²) in [6, 6.07) is 8.92. The van der Waals surface area contributed by atoms with Gasteiger partial charge in [-0.2, -0.15) is 0 Å². The Hall–Kier alpha value is -2.27. The second-order valence-corrected chi connectivity index (χ2v) is 8.14. The molecule has 142 valence electrons. The number of aromatic nitrogens is 2. The molecule has 1 fully saturated rings. The summed E-state index contributed by atoms with van der Waals surface area (Å²) in [4.78, 5) is 25.6. The lowest BCUT2D eigenvalue weighted by Gasteiger charge is -2.34. The number of amides is 1. The molecule has 4 rings (SSSR count). The number of fused-ring (bicyclic) bond motifs is 1. The fourth-order valence-electron chi connectivity index (χ4n) is 4.22. The van der Waals surface area contributed by atoms with Crippen LogP contribution in [0.4, 0.5) is 0 Å². The summed E-state index contributed by atoms with van der Waals surface area (Å²) in [6.45, 7) is 8.16. The van der Waals surface area contributed by atoms with Gasteiger partial charge in [0.2, 0.25) is 5.91 Å². The molecule has 1 atom stereocenters. The molecule has 3 heterocycles. The molecule has 1 aromatic carbocycles. The van der Waals surface area contributed by atoms with Gasteiger partial charge in [0.25, 0.3) is 0 Å². The summed E-state index contributed by atoms with van der Waals surface area (Å²) in [5.41, 5.74) is 4.96. The maximum absolute atomic E-state index is 12.9. The first kappa shape index (κ1) is 18.1. The van der Waals surface area contributed by atoms with E-state index in [1.54, 1.807) is 6.33 Å². The van der Waals surface area contributed by atoms with Gasteiger partial charge in [-0.1, -0.05) is 38.1 Å². The minimum absolute atomic E-state index is 0.237. The van der Waals surface area contributed by atoms with Gasteiger partial charge in [0.1, 0.15) is 6.33 Å². The van der Waals surface area contributed by atoms with Crippen LogP contribution in [0.15, 0.2) is 36.8 Å². The van der Waals surface area contributed by atoms with Crippen molar-refractivity contribution in [2.24, 2.45) is 0 Å². The zero-order valence-electron chi connectivity index (χ0n) is 16.3. The zero-order valence-corrected chi connectivity index (χ0v) is 16.3. The van der Waals surface area contributed by atoms with Crippen molar-refractivity contribution in [1.82, 2.24) is 19.8 Å². The molecule has 1 aromatic heterocycles. The van der Waals surface area contributed by atoms with Gasteiger partial charge in [0, 0.05) is 43.9 Å². The molecule has 0 bridgehead atoms. The zero-order chi connectivity index (χ0) is 18.8. The SMILES string of the molecule is CC(C)c1cccc([C@@H]2CCCN(C(=O)CN3Cc4cncnc4C3)C2)c1. The van der Waals surface area contributed by atoms with Gasteiger partial charge in [-0.15, -0.1) is 0 Å². The predicted octanol–water partition coefficient (Wildman–Crippen LogP) is 3.32. The molecule has 2 aliphatic heterocycles. The second-order valence-electron chi connectivity index (χ2n) is 8.14. The third-order valence-corrected chi connectivity index (χ3v) is 5.83. The fraction of sp³-hybridized carbons (Fsp3) is 0.500. The Bertz CT molecular complexity index is 794. The van der Waals surface area contributed by atoms with Crippen LogP contribution in [-0.2, 0) is 17.9 Å². The highest BCUT2D eigenvalue weighted by molar-refractivity contribution is 5.78. The van der Waals surface area contributed by atoms with Crippen molar-refractivity contribution in [1.29, 1.82) is 0 Å². The van der Waals surface area contributed by atoms with Crippen molar-refractivity contribution in [3.05, 3.63) is 59.2 Å². The molecule has 5 nitrogen and oxygen atoms in total. The van der Waals surface area contributed by atoms with Crippen LogP contribution >= 0.6 is 0 Å². The number of carbonyl (C=O) groups excluding carboxylic acids is 1. The molecule has 0 N–H and O–H groups in total. The Morgan fingerprint density at radius 2 is 2.19 bits per heavy atom. The molecule has 27 heavy (non-hydrogen) atoms. The number of hydrogen-bond acceptors (Lipinski definition) is 4. The van der Waals surface area contributed by atoms with Crippen molar-refractivity contribution in [2.45, 2.75) is 51.6 Å². The fourth-order valence-corrected chi connectivity index (χ4v) is 4.22. The molecule has 1 saturated heterocycles. The summed E-state index contributed by atoms with van der Waals surface area (Å²) in [5, 5.41) is 0. The van der Waals surface area contributed by atoms with Gasteiger partial charge < -0.3 is 4.90 Å². The number of likely N-dealkylation sites (tertiary alicyclic amines) is 1. The highest BCUT2D eigenvalue weighted by atomic mass is 16.2. The lowest BCUT2D eigenvalue weighted by Crippen LogP contribution is -2.43. The summed E-state index contributed by atoms with van der Waals surface area (Å²) in [6.07, 6.45) is 5.69. The van der Waals surface area contributed by atoms with Gasteiger partial charge in [-0.05, 0) is 29.9 Å².